The van der Waals surface area contributed by atoms with Gasteiger partial charge < -0.3 is 10.3 Å². The van der Waals surface area contributed by atoms with Crippen LogP contribution in [0.1, 0.15) is 11.4 Å². The van der Waals surface area contributed by atoms with Crippen molar-refractivity contribution in [3.63, 3.8) is 0 Å². The number of hydrogen-bond donors (Lipinski definition) is 2. The number of benzene rings is 2. The number of aromatic amines is 1. The molecule has 0 fully saturated rings. The molecule has 2 N–H and O–H groups in total. The lowest BCUT2D eigenvalue weighted by Crippen LogP contribution is -2.28. The van der Waals surface area contributed by atoms with E-state index in [0.29, 0.717) is 34.7 Å². The van der Waals surface area contributed by atoms with Gasteiger partial charge in [0.25, 0.3) is 5.56 Å². The predicted molar refractivity (Wildman–Crippen MR) is 94.2 cm³/mol. The Morgan fingerprint density at radius 3 is 2.71 bits per heavy atom. The Morgan fingerprint density at radius 1 is 1.12 bits per heavy atom. The van der Waals surface area contributed by atoms with Gasteiger partial charge in [0, 0.05) is 18.0 Å². The Balaban J connectivity index is 1.59. The van der Waals surface area contributed by atoms with Crippen molar-refractivity contribution in [1.29, 1.82) is 0 Å². The summed E-state index contributed by atoms with van der Waals surface area (Å²) in [6, 6.07) is 14.4. The van der Waals surface area contributed by atoms with E-state index in [4.69, 9.17) is 11.6 Å². The first kappa shape index (κ1) is 16.2. The van der Waals surface area contributed by atoms with Crippen molar-refractivity contribution in [2.24, 2.45) is 0 Å². The van der Waals surface area contributed by atoms with Gasteiger partial charge in [-0.15, -0.1) is 0 Å². The van der Waals surface area contributed by atoms with Crippen molar-refractivity contribution < 1.29 is 4.79 Å². The maximum absolute atomic E-state index is 12.0. The summed E-state index contributed by atoms with van der Waals surface area (Å²) in [6.45, 7) is 0.393. The summed E-state index contributed by atoms with van der Waals surface area (Å²) in [6.07, 6.45) is 0.676. The van der Waals surface area contributed by atoms with Gasteiger partial charge in [-0.25, -0.2) is 4.98 Å². The lowest BCUT2D eigenvalue weighted by molar-refractivity contribution is -0.120. The molecule has 0 bridgehead atoms. The average molecular weight is 342 g/mol. The van der Waals surface area contributed by atoms with Crippen molar-refractivity contribution >= 4 is 28.4 Å². The molecule has 0 saturated heterocycles. The van der Waals surface area contributed by atoms with Crippen LogP contribution in [0.15, 0.2) is 53.3 Å². The first-order chi connectivity index (χ1) is 11.6. The highest BCUT2D eigenvalue weighted by Gasteiger charge is 2.07. The minimum atomic E-state index is -0.169. The fourth-order valence-corrected chi connectivity index (χ4v) is 2.65. The quantitative estimate of drug-likeness (QED) is 0.748. The van der Waals surface area contributed by atoms with Crippen molar-refractivity contribution in [2.75, 3.05) is 6.54 Å². The van der Waals surface area contributed by atoms with Crippen LogP contribution in [0.2, 0.25) is 5.02 Å². The third-order valence-electron chi connectivity index (χ3n) is 3.65. The van der Waals surface area contributed by atoms with E-state index in [1.807, 2.05) is 24.3 Å². The first-order valence-electron chi connectivity index (χ1n) is 7.61. The molecule has 0 aliphatic rings. The molecule has 3 rings (SSSR count). The van der Waals surface area contributed by atoms with E-state index in [2.05, 4.69) is 15.3 Å². The zero-order chi connectivity index (χ0) is 16.9. The summed E-state index contributed by atoms with van der Waals surface area (Å²) in [7, 11) is 0. The van der Waals surface area contributed by atoms with Crippen LogP contribution in [-0.4, -0.2) is 22.4 Å². The van der Waals surface area contributed by atoms with Crippen LogP contribution in [-0.2, 0) is 17.6 Å². The highest BCUT2D eigenvalue weighted by molar-refractivity contribution is 6.31. The average Bonchev–Trinajstić information content (AvgIpc) is 2.57. The van der Waals surface area contributed by atoms with Crippen molar-refractivity contribution in [2.45, 2.75) is 12.8 Å². The molecule has 0 saturated carbocycles. The van der Waals surface area contributed by atoms with Crippen LogP contribution in [0.5, 0.6) is 0 Å². The number of amides is 1. The molecule has 1 heterocycles. The normalized spacial score (nSPS) is 10.7. The standard InChI is InChI=1S/C18H16ClN3O2/c19-14-7-3-1-5-12(14)11-17(23)20-10-9-16-21-15-8-4-2-6-13(15)18(24)22-16/h1-8H,9-11H2,(H,20,23)(H,21,22,24). The molecule has 122 valence electrons. The smallest absolute Gasteiger partial charge is 0.258 e. The molecular weight excluding hydrogens is 326 g/mol. The van der Waals surface area contributed by atoms with Gasteiger partial charge in [0.05, 0.1) is 17.3 Å². The number of halogens is 1. The number of nitrogens with zero attached hydrogens (tertiary/aromatic N) is 1. The van der Waals surface area contributed by atoms with Gasteiger partial charge in [-0.05, 0) is 23.8 Å². The predicted octanol–water partition coefficient (Wildman–Crippen LogP) is 2.48. The molecule has 1 aromatic heterocycles. The molecule has 6 heteroatoms. The van der Waals surface area contributed by atoms with Crippen molar-refractivity contribution in [3.8, 4) is 0 Å². The van der Waals surface area contributed by atoms with E-state index in [1.54, 1.807) is 24.3 Å². The maximum Gasteiger partial charge on any atom is 0.258 e. The molecule has 0 unspecified atom stereocenters. The number of carbonyl (C=O) groups is 1. The molecule has 0 spiro atoms. The second kappa shape index (κ2) is 7.27. The molecule has 0 aliphatic carbocycles. The van der Waals surface area contributed by atoms with Crippen LogP contribution < -0.4 is 10.9 Å². The maximum atomic E-state index is 12.0. The molecule has 0 atom stereocenters. The molecular formula is C18H16ClN3O2. The van der Waals surface area contributed by atoms with Gasteiger partial charge in [0.2, 0.25) is 5.91 Å². The van der Waals surface area contributed by atoms with Gasteiger partial charge >= 0.3 is 0 Å². The SMILES string of the molecule is O=C(Cc1ccccc1Cl)NCCc1nc2ccccc2c(=O)[nH]1. The topological polar surface area (TPSA) is 74.8 Å². The molecule has 0 aliphatic heterocycles. The van der Waals surface area contributed by atoms with Crippen LogP contribution in [0, 0.1) is 0 Å². The van der Waals surface area contributed by atoms with E-state index in [0.717, 1.165) is 5.56 Å². The number of aromatic nitrogens is 2. The summed E-state index contributed by atoms with van der Waals surface area (Å²) in [5.41, 5.74) is 1.27. The number of H-pyrrole nitrogens is 1. The molecule has 1 amide bonds. The Kier molecular flexibility index (Phi) is 4.91. The van der Waals surface area contributed by atoms with Gasteiger partial charge in [0.15, 0.2) is 0 Å². The third kappa shape index (κ3) is 3.81. The number of rotatable bonds is 5. The summed E-state index contributed by atoms with van der Waals surface area (Å²) < 4.78 is 0. The van der Waals surface area contributed by atoms with Gasteiger partial charge in [-0.2, -0.15) is 0 Å². The van der Waals surface area contributed by atoms with Crippen LogP contribution in [0.3, 0.4) is 0 Å². The first-order valence-corrected chi connectivity index (χ1v) is 7.99. The van der Waals surface area contributed by atoms with Gasteiger partial charge in [-0.3, -0.25) is 9.59 Å². The van der Waals surface area contributed by atoms with E-state index < -0.39 is 0 Å². The molecule has 24 heavy (non-hydrogen) atoms. The lowest BCUT2D eigenvalue weighted by atomic mass is 10.1. The Labute approximate surface area is 143 Å². The van der Waals surface area contributed by atoms with Gasteiger partial charge in [-0.1, -0.05) is 41.9 Å². The molecule has 3 aromatic rings. The highest BCUT2D eigenvalue weighted by atomic mass is 35.5. The molecule has 0 radical (unpaired) electrons. The fraction of sp³-hybridized carbons (Fsp3) is 0.167. The second-order valence-electron chi connectivity index (χ2n) is 5.40. The van der Waals surface area contributed by atoms with Gasteiger partial charge in [0.1, 0.15) is 5.82 Å². The largest absolute Gasteiger partial charge is 0.355 e. The minimum absolute atomic E-state index is 0.119. The Hall–Kier alpha value is -2.66. The number of nitrogens with one attached hydrogen (secondary N) is 2. The fourth-order valence-electron chi connectivity index (χ4n) is 2.45. The van der Waals surface area contributed by atoms with Crippen LogP contribution >= 0.6 is 11.6 Å². The number of hydrogen-bond acceptors (Lipinski definition) is 3. The molecule has 2 aromatic carbocycles. The summed E-state index contributed by atoms with van der Waals surface area (Å²) >= 11 is 6.04. The van der Waals surface area contributed by atoms with Crippen molar-refractivity contribution in [3.05, 3.63) is 75.3 Å². The molecule has 5 nitrogen and oxygen atoms in total. The van der Waals surface area contributed by atoms with Crippen LogP contribution in [0.25, 0.3) is 10.9 Å². The number of carbonyl (C=O) groups excluding carboxylic acids is 1. The highest BCUT2D eigenvalue weighted by Crippen LogP contribution is 2.15. The number of fused-ring (bicyclic) bond motifs is 1. The van der Waals surface area contributed by atoms with E-state index >= 15 is 0 Å². The van der Waals surface area contributed by atoms with Crippen LogP contribution in [0.4, 0.5) is 0 Å². The second-order valence-corrected chi connectivity index (χ2v) is 5.81. The third-order valence-corrected chi connectivity index (χ3v) is 4.02. The van der Waals surface area contributed by atoms with E-state index in [1.165, 1.54) is 0 Å². The number of para-hydroxylation sites is 1. The Bertz CT molecular complexity index is 937. The van der Waals surface area contributed by atoms with E-state index in [9.17, 15) is 9.59 Å². The Morgan fingerprint density at radius 2 is 1.88 bits per heavy atom. The zero-order valence-electron chi connectivity index (χ0n) is 12.9. The monoisotopic (exact) mass is 341 g/mol. The summed E-state index contributed by atoms with van der Waals surface area (Å²) in [5, 5.41) is 3.95. The summed E-state index contributed by atoms with van der Waals surface area (Å²) in [4.78, 5) is 31.1. The van der Waals surface area contributed by atoms with Crippen molar-refractivity contribution in [1.82, 2.24) is 15.3 Å². The minimum Gasteiger partial charge on any atom is -0.355 e. The van der Waals surface area contributed by atoms with E-state index in [-0.39, 0.29) is 17.9 Å². The summed E-state index contributed by atoms with van der Waals surface area (Å²) in [5.74, 6) is 0.433. The lowest BCUT2D eigenvalue weighted by Gasteiger charge is -2.07. The zero-order valence-corrected chi connectivity index (χ0v) is 13.6.